The molecule has 0 aliphatic heterocycles. The molecule has 0 bridgehead atoms. The number of halogens is 5. The van der Waals surface area contributed by atoms with Gasteiger partial charge >= 0.3 is 0 Å². The number of hydrogen-bond donors (Lipinski definition) is 1. The van der Waals surface area contributed by atoms with Gasteiger partial charge in [-0.3, -0.25) is 0 Å². The fraction of sp³-hybridized carbons (Fsp3) is 0. The highest BCUT2D eigenvalue weighted by atomic mass is 79.9. The lowest BCUT2D eigenvalue weighted by Crippen LogP contribution is -1.99. The lowest BCUT2D eigenvalue weighted by atomic mass is 10.3. The van der Waals surface area contributed by atoms with Crippen molar-refractivity contribution in [2.75, 3.05) is 5.32 Å². The fourth-order valence-corrected chi connectivity index (χ4v) is 1.77. The van der Waals surface area contributed by atoms with Crippen molar-refractivity contribution in [1.82, 2.24) is 9.97 Å². The zero-order valence-electron chi connectivity index (χ0n) is 8.52. The topological polar surface area (TPSA) is 37.8 Å². The number of nitrogens with zero attached hydrogens (tertiary/aromatic N) is 2. The molecule has 0 amide bonds. The van der Waals surface area contributed by atoms with Gasteiger partial charge in [-0.25, -0.2) is 13.8 Å². The van der Waals surface area contributed by atoms with Crippen molar-refractivity contribution in [2.24, 2.45) is 0 Å². The fourth-order valence-electron chi connectivity index (χ4n) is 1.18. The molecule has 18 heavy (non-hydrogen) atoms. The summed E-state index contributed by atoms with van der Waals surface area (Å²) >= 11 is 14.3. The molecule has 0 atom stereocenters. The van der Waals surface area contributed by atoms with Crippen LogP contribution < -0.4 is 5.32 Å². The van der Waals surface area contributed by atoms with E-state index in [1.54, 1.807) is 0 Å². The van der Waals surface area contributed by atoms with Crippen molar-refractivity contribution in [2.45, 2.75) is 0 Å². The molecule has 8 heteroatoms. The van der Waals surface area contributed by atoms with Crippen molar-refractivity contribution >= 4 is 50.6 Å². The zero-order chi connectivity index (χ0) is 13.3. The van der Waals surface area contributed by atoms with Gasteiger partial charge in [0.15, 0.2) is 5.82 Å². The zero-order valence-corrected chi connectivity index (χ0v) is 11.6. The van der Waals surface area contributed by atoms with E-state index in [1.807, 2.05) is 0 Å². The average molecular weight is 355 g/mol. The van der Waals surface area contributed by atoms with Crippen LogP contribution in [0.25, 0.3) is 0 Å². The molecule has 1 aromatic carbocycles. The molecule has 1 heterocycles. The predicted octanol–water partition coefficient (Wildman–Crippen LogP) is 4.57. The van der Waals surface area contributed by atoms with E-state index in [9.17, 15) is 8.78 Å². The number of hydrogen-bond acceptors (Lipinski definition) is 3. The molecule has 0 saturated heterocycles. The molecule has 0 spiro atoms. The number of rotatable bonds is 2. The molecular weight excluding hydrogens is 351 g/mol. The maximum Gasteiger partial charge on any atom is 0.224 e. The lowest BCUT2D eigenvalue weighted by molar-refractivity contribution is 0.597. The molecule has 0 unspecified atom stereocenters. The van der Waals surface area contributed by atoms with Crippen LogP contribution in [0.3, 0.4) is 0 Å². The van der Waals surface area contributed by atoms with Crippen molar-refractivity contribution in [3.8, 4) is 0 Å². The molecule has 0 aliphatic carbocycles. The van der Waals surface area contributed by atoms with Gasteiger partial charge in [0.1, 0.15) is 16.7 Å². The van der Waals surface area contributed by atoms with Gasteiger partial charge in [0.2, 0.25) is 5.28 Å². The normalized spacial score (nSPS) is 10.5. The monoisotopic (exact) mass is 353 g/mol. The maximum absolute atomic E-state index is 13.6. The van der Waals surface area contributed by atoms with Crippen LogP contribution in [0.1, 0.15) is 0 Å². The summed E-state index contributed by atoms with van der Waals surface area (Å²) in [5.41, 5.74) is -0.104. The van der Waals surface area contributed by atoms with E-state index in [4.69, 9.17) is 23.2 Å². The van der Waals surface area contributed by atoms with Crippen molar-refractivity contribution in [3.63, 3.8) is 0 Å². The van der Waals surface area contributed by atoms with Gasteiger partial charge in [-0.1, -0.05) is 11.6 Å². The summed E-state index contributed by atoms with van der Waals surface area (Å²) in [4.78, 5) is 7.41. The maximum atomic E-state index is 13.6. The van der Waals surface area contributed by atoms with Gasteiger partial charge in [0.25, 0.3) is 0 Å². The number of benzene rings is 1. The molecular formula is C10H4BrCl2F2N3. The molecule has 0 aliphatic rings. The van der Waals surface area contributed by atoms with Crippen molar-refractivity contribution in [1.29, 1.82) is 0 Å². The standard InChI is InChI=1S/C10H4BrCl2F2N3/c11-4-1-7(15)8(2-6(4)14)17-9-5(12)3-16-10(13)18-9/h1-3H,(H,16,17,18). The van der Waals surface area contributed by atoms with E-state index < -0.39 is 11.6 Å². The first-order valence-corrected chi connectivity index (χ1v) is 6.12. The second-order valence-corrected chi connectivity index (χ2v) is 4.81. The Kier molecular flexibility index (Phi) is 3.99. The third kappa shape index (κ3) is 2.88. The molecule has 94 valence electrons. The van der Waals surface area contributed by atoms with Crippen LogP contribution in [-0.2, 0) is 0 Å². The smallest absolute Gasteiger partial charge is 0.224 e. The molecule has 2 aromatic rings. The van der Waals surface area contributed by atoms with Crippen molar-refractivity contribution < 1.29 is 8.78 Å². The summed E-state index contributed by atoms with van der Waals surface area (Å²) in [6.45, 7) is 0. The summed E-state index contributed by atoms with van der Waals surface area (Å²) < 4.78 is 26.9. The van der Waals surface area contributed by atoms with Crippen LogP contribution in [0.5, 0.6) is 0 Å². The van der Waals surface area contributed by atoms with E-state index in [-0.39, 0.29) is 26.3 Å². The first kappa shape index (κ1) is 13.5. The third-order valence-electron chi connectivity index (χ3n) is 1.98. The number of aromatic nitrogens is 2. The Bertz CT molecular complexity index is 610. The Labute approximate surface area is 119 Å². The first-order valence-electron chi connectivity index (χ1n) is 4.57. The van der Waals surface area contributed by atoms with Gasteiger partial charge in [0, 0.05) is 6.07 Å². The first-order chi connectivity index (χ1) is 8.47. The van der Waals surface area contributed by atoms with Gasteiger partial charge in [0.05, 0.1) is 16.4 Å². The molecule has 2 rings (SSSR count). The average Bonchev–Trinajstić information content (AvgIpc) is 2.30. The Hall–Kier alpha value is -0.980. The van der Waals surface area contributed by atoms with Gasteiger partial charge in [-0.15, -0.1) is 0 Å². The lowest BCUT2D eigenvalue weighted by Gasteiger charge is -2.09. The summed E-state index contributed by atoms with van der Waals surface area (Å²) in [7, 11) is 0. The number of nitrogens with one attached hydrogen (secondary N) is 1. The quantitative estimate of drug-likeness (QED) is 0.634. The van der Waals surface area contributed by atoms with Crippen LogP contribution in [-0.4, -0.2) is 9.97 Å². The summed E-state index contributed by atoms with van der Waals surface area (Å²) in [5, 5.41) is 2.63. The Morgan fingerprint density at radius 3 is 2.61 bits per heavy atom. The second-order valence-electron chi connectivity index (χ2n) is 3.21. The Morgan fingerprint density at radius 1 is 1.17 bits per heavy atom. The minimum absolute atomic E-state index is 0.0253. The van der Waals surface area contributed by atoms with Gasteiger partial charge in [-0.05, 0) is 33.6 Å². The van der Waals surface area contributed by atoms with Crippen molar-refractivity contribution in [3.05, 3.63) is 44.7 Å². The molecule has 1 N–H and O–H groups in total. The van der Waals surface area contributed by atoms with Crippen LogP contribution >= 0.6 is 39.1 Å². The van der Waals surface area contributed by atoms with Crippen LogP contribution in [0.15, 0.2) is 22.8 Å². The van der Waals surface area contributed by atoms with E-state index in [2.05, 4.69) is 31.2 Å². The molecule has 0 radical (unpaired) electrons. The van der Waals surface area contributed by atoms with Crippen LogP contribution in [0.2, 0.25) is 10.3 Å². The van der Waals surface area contributed by atoms with E-state index in [1.165, 1.54) is 6.20 Å². The van der Waals surface area contributed by atoms with Crippen LogP contribution in [0.4, 0.5) is 20.3 Å². The van der Waals surface area contributed by atoms with E-state index in [0.717, 1.165) is 12.1 Å². The second kappa shape index (κ2) is 5.34. The van der Waals surface area contributed by atoms with E-state index in [0.29, 0.717) is 0 Å². The van der Waals surface area contributed by atoms with Crippen LogP contribution in [0, 0.1) is 11.6 Å². The highest BCUT2D eigenvalue weighted by molar-refractivity contribution is 9.10. The largest absolute Gasteiger partial charge is 0.336 e. The molecule has 0 fully saturated rings. The highest BCUT2D eigenvalue weighted by Crippen LogP contribution is 2.28. The summed E-state index contributed by atoms with van der Waals surface area (Å²) in [6, 6.07) is 1.97. The Morgan fingerprint density at radius 2 is 1.89 bits per heavy atom. The highest BCUT2D eigenvalue weighted by Gasteiger charge is 2.11. The third-order valence-corrected chi connectivity index (χ3v) is 3.04. The van der Waals surface area contributed by atoms with Gasteiger partial charge in [-0.2, -0.15) is 4.98 Å². The summed E-state index contributed by atoms with van der Waals surface area (Å²) in [5.74, 6) is -1.18. The minimum atomic E-state index is -0.658. The molecule has 0 saturated carbocycles. The number of anilines is 2. The predicted molar refractivity (Wildman–Crippen MR) is 69.4 cm³/mol. The van der Waals surface area contributed by atoms with E-state index >= 15 is 0 Å². The molecule has 3 nitrogen and oxygen atoms in total. The SMILES string of the molecule is Fc1cc(Nc2nc(Cl)ncc2Cl)c(F)cc1Br. The minimum Gasteiger partial charge on any atom is -0.336 e. The molecule has 1 aromatic heterocycles. The summed E-state index contributed by atoms with van der Waals surface area (Å²) in [6.07, 6.45) is 1.26. The Balaban J connectivity index is 2.40. The van der Waals surface area contributed by atoms with Gasteiger partial charge < -0.3 is 5.32 Å².